The lowest BCUT2D eigenvalue weighted by atomic mass is 10.2. The minimum Gasteiger partial charge on any atom is -0.493 e. The van der Waals surface area contributed by atoms with Gasteiger partial charge in [0.05, 0.1) is 36.8 Å². The van der Waals surface area contributed by atoms with Crippen LogP contribution in [0.1, 0.15) is 18.2 Å². The summed E-state index contributed by atoms with van der Waals surface area (Å²) in [5, 5.41) is 14.7. The van der Waals surface area contributed by atoms with Gasteiger partial charge in [0.15, 0.2) is 11.5 Å². The highest BCUT2D eigenvalue weighted by molar-refractivity contribution is 5.47. The van der Waals surface area contributed by atoms with E-state index >= 15 is 0 Å². The lowest BCUT2D eigenvalue weighted by Gasteiger charge is -2.24. The summed E-state index contributed by atoms with van der Waals surface area (Å²) in [6.45, 7) is 6.10. The molecule has 7 heteroatoms. The molecule has 0 fully saturated rings. The molecule has 0 aliphatic rings. The monoisotopic (exact) mass is 425 g/mol. The first-order chi connectivity index (χ1) is 15.0. The van der Waals surface area contributed by atoms with Gasteiger partial charge in [-0.3, -0.25) is 4.90 Å². The van der Waals surface area contributed by atoms with Crippen LogP contribution in [-0.2, 0) is 11.3 Å². The zero-order valence-corrected chi connectivity index (χ0v) is 18.6. The topological polar surface area (TPSA) is 69.0 Å². The van der Waals surface area contributed by atoms with Crippen LogP contribution in [0.25, 0.3) is 5.69 Å². The fourth-order valence-corrected chi connectivity index (χ4v) is 3.43. The average molecular weight is 426 g/mol. The van der Waals surface area contributed by atoms with Crippen molar-refractivity contribution in [3.63, 3.8) is 0 Å². The molecule has 1 heterocycles. The van der Waals surface area contributed by atoms with Gasteiger partial charge in [0.2, 0.25) is 5.88 Å². The van der Waals surface area contributed by atoms with Crippen LogP contribution in [0.4, 0.5) is 0 Å². The predicted molar refractivity (Wildman–Crippen MR) is 120 cm³/mol. The maximum absolute atomic E-state index is 9.97. The van der Waals surface area contributed by atoms with Gasteiger partial charge in [-0.15, -0.1) is 0 Å². The third-order valence-corrected chi connectivity index (χ3v) is 4.93. The molecule has 1 atom stereocenters. The first-order valence-electron chi connectivity index (χ1n) is 10.4. The molecule has 0 aliphatic carbocycles. The van der Waals surface area contributed by atoms with Gasteiger partial charge in [0.25, 0.3) is 0 Å². The number of ether oxygens (including phenoxy) is 3. The van der Waals surface area contributed by atoms with E-state index in [1.54, 1.807) is 21.1 Å². The van der Waals surface area contributed by atoms with E-state index in [2.05, 4.69) is 4.90 Å². The first kappa shape index (κ1) is 22.8. The van der Waals surface area contributed by atoms with E-state index in [0.29, 0.717) is 43.6 Å². The van der Waals surface area contributed by atoms with Crippen LogP contribution in [-0.4, -0.2) is 59.8 Å². The van der Waals surface area contributed by atoms with E-state index in [1.165, 1.54) is 0 Å². The van der Waals surface area contributed by atoms with Crippen LogP contribution in [0.3, 0.4) is 0 Å². The molecule has 0 saturated carbocycles. The van der Waals surface area contributed by atoms with Gasteiger partial charge in [-0.2, -0.15) is 5.10 Å². The summed E-state index contributed by atoms with van der Waals surface area (Å²) >= 11 is 0. The highest BCUT2D eigenvalue weighted by atomic mass is 16.5. The zero-order chi connectivity index (χ0) is 22.2. The molecule has 0 unspecified atom stereocenters. The number of aryl methyl sites for hydroxylation is 1. The minimum absolute atomic E-state index is 0.458. The Labute approximate surface area is 183 Å². The number of nitrogens with zero attached hydrogens (tertiary/aromatic N) is 3. The molecule has 3 aromatic rings. The van der Waals surface area contributed by atoms with Crippen LogP contribution in [0.5, 0.6) is 17.4 Å². The first-order valence-corrected chi connectivity index (χ1v) is 10.4. The second-order valence-corrected chi connectivity index (χ2v) is 7.45. The second-order valence-electron chi connectivity index (χ2n) is 7.45. The van der Waals surface area contributed by atoms with Crippen molar-refractivity contribution in [2.24, 2.45) is 0 Å². The van der Waals surface area contributed by atoms with Gasteiger partial charge in [0.1, 0.15) is 0 Å². The van der Waals surface area contributed by atoms with Gasteiger partial charge in [0, 0.05) is 26.7 Å². The molecule has 0 radical (unpaired) electrons. The SMILES string of the molecule is COCCN(Cc1c(C)nn(-c2ccccc2)c1Oc1ccccc1OC)C[C@H](C)O. The van der Waals surface area contributed by atoms with Crippen molar-refractivity contribution in [2.75, 3.05) is 33.9 Å². The van der Waals surface area contributed by atoms with Crippen molar-refractivity contribution < 1.29 is 19.3 Å². The van der Waals surface area contributed by atoms with Gasteiger partial charge in [-0.25, -0.2) is 4.68 Å². The molecule has 0 aliphatic heterocycles. The van der Waals surface area contributed by atoms with Crippen molar-refractivity contribution in [2.45, 2.75) is 26.5 Å². The highest BCUT2D eigenvalue weighted by Gasteiger charge is 2.22. The number of hydrogen-bond acceptors (Lipinski definition) is 6. The van der Waals surface area contributed by atoms with Crippen LogP contribution in [0, 0.1) is 6.92 Å². The third-order valence-electron chi connectivity index (χ3n) is 4.93. The second kappa shape index (κ2) is 10.9. The van der Waals surface area contributed by atoms with Crippen molar-refractivity contribution >= 4 is 0 Å². The molecule has 7 nitrogen and oxygen atoms in total. The molecule has 0 amide bonds. The fourth-order valence-electron chi connectivity index (χ4n) is 3.43. The van der Waals surface area contributed by atoms with E-state index in [9.17, 15) is 5.11 Å². The largest absolute Gasteiger partial charge is 0.493 e. The van der Waals surface area contributed by atoms with E-state index in [0.717, 1.165) is 16.9 Å². The Morgan fingerprint density at radius 1 is 1.03 bits per heavy atom. The van der Waals surface area contributed by atoms with Gasteiger partial charge in [-0.05, 0) is 38.1 Å². The maximum atomic E-state index is 9.97. The van der Waals surface area contributed by atoms with Gasteiger partial charge in [-0.1, -0.05) is 30.3 Å². The Kier molecular flexibility index (Phi) is 8.06. The molecule has 31 heavy (non-hydrogen) atoms. The number of aromatic nitrogens is 2. The zero-order valence-electron chi connectivity index (χ0n) is 18.6. The number of benzene rings is 2. The van der Waals surface area contributed by atoms with Crippen LogP contribution in [0.2, 0.25) is 0 Å². The molecule has 166 valence electrons. The molecule has 1 aromatic heterocycles. The molecule has 0 bridgehead atoms. The quantitative estimate of drug-likeness (QED) is 0.504. The summed E-state index contributed by atoms with van der Waals surface area (Å²) < 4.78 is 19.0. The van der Waals surface area contributed by atoms with E-state index in [-0.39, 0.29) is 0 Å². The Morgan fingerprint density at radius 3 is 2.35 bits per heavy atom. The number of para-hydroxylation sites is 3. The van der Waals surface area contributed by atoms with Crippen LogP contribution < -0.4 is 9.47 Å². The molecule has 0 saturated heterocycles. The Balaban J connectivity index is 2.04. The summed E-state index contributed by atoms with van der Waals surface area (Å²) in [5.74, 6) is 1.88. The van der Waals surface area contributed by atoms with Crippen molar-refractivity contribution in [3.8, 4) is 23.1 Å². The fraction of sp³-hybridized carbons (Fsp3) is 0.375. The Bertz CT molecular complexity index is 957. The van der Waals surface area contributed by atoms with E-state index < -0.39 is 6.10 Å². The normalized spacial score (nSPS) is 12.2. The minimum atomic E-state index is -0.458. The van der Waals surface area contributed by atoms with Gasteiger partial charge < -0.3 is 19.3 Å². The molecule has 3 rings (SSSR count). The number of hydrogen-bond donors (Lipinski definition) is 1. The van der Waals surface area contributed by atoms with Gasteiger partial charge >= 0.3 is 0 Å². The van der Waals surface area contributed by atoms with Crippen molar-refractivity contribution in [1.29, 1.82) is 0 Å². The molecular weight excluding hydrogens is 394 g/mol. The summed E-state index contributed by atoms with van der Waals surface area (Å²) in [6.07, 6.45) is -0.458. The standard InChI is InChI=1S/C24H31N3O4/c1-18(28)16-26(14-15-29-3)17-21-19(2)25-27(20-10-6-5-7-11-20)24(21)31-23-13-9-8-12-22(23)30-4/h5-13,18,28H,14-17H2,1-4H3/t18-/m0/s1. The van der Waals surface area contributed by atoms with Crippen LogP contribution >= 0.6 is 0 Å². The number of aliphatic hydroxyl groups is 1. The predicted octanol–water partition coefficient (Wildman–Crippen LogP) is 3.81. The smallest absolute Gasteiger partial charge is 0.227 e. The van der Waals surface area contributed by atoms with E-state index in [1.807, 2.05) is 66.2 Å². The van der Waals surface area contributed by atoms with Crippen molar-refractivity contribution in [1.82, 2.24) is 14.7 Å². The number of methoxy groups -OCH3 is 2. The molecule has 0 spiro atoms. The van der Waals surface area contributed by atoms with Crippen molar-refractivity contribution in [3.05, 3.63) is 65.9 Å². The Hall–Kier alpha value is -2.87. The lowest BCUT2D eigenvalue weighted by molar-refractivity contribution is 0.0934. The summed E-state index contributed by atoms with van der Waals surface area (Å²) in [6, 6.07) is 17.4. The number of rotatable bonds is 11. The molecule has 2 aromatic carbocycles. The lowest BCUT2D eigenvalue weighted by Crippen LogP contribution is -2.33. The Morgan fingerprint density at radius 2 is 1.71 bits per heavy atom. The maximum Gasteiger partial charge on any atom is 0.227 e. The highest BCUT2D eigenvalue weighted by Crippen LogP contribution is 2.35. The van der Waals surface area contributed by atoms with E-state index in [4.69, 9.17) is 19.3 Å². The summed E-state index contributed by atoms with van der Waals surface area (Å²) in [7, 11) is 3.30. The average Bonchev–Trinajstić information content (AvgIpc) is 3.07. The summed E-state index contributed by atoms with van der Waals surface area (Å²) in [4.78, 5) is 2.14. The molecular formula is C24H31N3O4. The molecule has 1 N–H and O–H groups in total. The number of aliphatic hydroxyl groups excluding tert-OH is 1. The summed E-state index contributed by atoms with van der Waals surface area (Å²) in [5.41, 5.74) is 2.72. The van der Waals surface area contributed by atoms with Crippen LogP contribution in [0.15, 0.2) is 54.6 Å². The third kappa shape index (κ3) is 5.85.